The van der Waals surface area contributed by atoms with E-state index in [4.69, 9.17) is 0 Å². The number of hydrogen-bond acceptors (Lipinski definition) is 2. The molecule has 0 amide bonds. The first-order valence-electron chi connectivity index (χ1n) is 8.24. The summed E-state index contributed by atoms with van der Waals surface area (Å²) in [5, 5.41) is 0. The second kappa shape index (κ2) is 3.84. The van der Waals surface area contributed by atoms with Gasteiger partial charge in [-0.2, -0.15) is 0 Å². The van der Waals surface area contributed by atoms with Crippen molar-refractivity contribution in [3.8, 4) is 0 Å². The monoisotopic (exact) mass is 272 g/mol. The molecule has 4 rings (SSSR count). The molecule has 20 heavy (non-hydrogen) atoms. The van der Waals surface area contributed by atoms with Gasteiger partial charge in [-0.1, -0.05) is 12.5 Å². The quantitative estimate of drug-likeness (QED) is 0.671. The zero-order valence-electron chi connectivity index (χ0n) is 12.6. The van der Waals surface area contributed by atoms with Crippen LogP contribution in [-0.4, -0.2) is 11.6 Å². The van der Waals surface area contributed by atoms with Crippen LogP contribution in [0.25, 0.3) is 0 Å². The molecule has 4 aliphatic rings. The third kappa shape index (κ3) is 1.31. The van der Waals surface area contributed by atoms with Crippen LogP contribution in [-0.2, 0) is 9.59 Å². The normalized spacial score (nSPS) is 47.3. The van der Waals surface area contributed by atoms with Gasteiger partial charge in [0.15, 0.2) is 5.78 Å². The van der Waals surface area contributed by atoms with Crippen molar-refractivity contribution in [3.63, 3.8) is 0 Å². The summed E-state index contributed by atoms with van der Waals surface area (Å²) in [6.07, 6.45) is 8.04. The summed E-state index contributed by atoms with van der Waals surface area (Å²) in [6.45, 7) is 4.52. The zero-order chi connectivity index (χ0) is 14.1. The highest BCUT2D eigenvalue weighted by atomic mass is 16.1. The van der Waals surface area contributed by atoms with Crippen LogP contribution >= 0.6 is 0 Å². The Hall–Kier alpha value is -0.920. The van der Waals surface area contributed by atoms with Gasteiger partial charge in [0.1, 0.15) is 5.78 Å². The Bertz CT molecular complexity index is 544. The van der Waals surface area contributed by atoms with Crippen molar-refractivity contribution in [2.45, 2.75) is 65.2 Å². The number of hydrogen-bond donors (Lipinski definition) is 0. The van der Waals surface area contributed by atoms with Gasteiger partial charge in [0.05, 0.1) is 0 Å². The van der Waals surface area contributed by atoms with Crippen LogP contribution in [0.4, 0.5) is 0 Å². The molecule has 0 heterocycles. The minimum atomic E-state index is 0.0603. The average Bonchev–Trinajstić information content (AvgIpc) is 2.70. The number of carbonyl (C=O) groups is 2. The van der Waals surface area contributed by atoms with Crippen LogP contribution in [0, 0.1) is 22.7 Å². The Labute approximate surface area is 121 Å². The maximum Gasteiger partial charge on any atom is 0.159 e. The second-order valence-electron chi connectivity index (χ2n) is 7.92. The Kier molecular flexibility index (Phi) is 2.45. The van der Waals surface area contributed by atoms with Crippen LogP contribution < -0.4 is 0 Å². The SMILES string of the molecule is CC1=C2C(=O)C[C@H]3C[C@@H]4C[C@]3(CCC4=O)[C@@]2(C)CCC1. The molecular weight excluding hydrogens is 248 g/mol. The van der Waals surface area contributed by atoms with Gasteiger partial charge in [0.25, 0.3) is 0 Å². The van der Waals surface area contributed by atoms with E-state index in [9.17, 15) is 9.59 Å². The molecule has 108 valence electrons. The fraction of sp³-hybridized carbons (Fsp3) is 0.778. The molecule has 0 aromatic heterocycles. The van der Waals surface area contributed by atoms with Crippen LogP contribution in [0.1, 0.15) is 65.2 Å². The molecule has 0 N–H and O–H groups in total. The van der Waals surface area contributed by atoms with E-state index >= 15 is 0 Å². The summed E-state index contributed by atoms with van der Waals surface area (Å²) < 4.78 is 0. The first kappa shape index (κ1) is 12.8. The van der Waals surface area contributed by atoms with Gasteiger partial charge in [-0.15, -0.1) is 0 Å². The molecule has 0 aliphatic heterocycles. The number of rotatable bonds is 0. The van der Waals surface area contributed by atoms with E-state index in [1.165, 1.54) is 17.6 Å². The average molecular weight is 272 g/mol. The first-order valence-corrected chi connectivity index (χ1v) is 8.24. The number of fused-ring (bicyclic) bond motifs is 2. The number of carbonyl (C=O) groups excluding carboxylic acids is 2. The fourth-order valence-electron chi connectivity index (χ4n) is 6.39. The summed E-state index contributed by atoms with van der Waals surface area (Å²) in [4.78, 5) is 24.8. The van der Waals surface area contributed by atoms with Crippen LogP contribution in [0.15, 0.2) is 11.1 Å². The van der Waals surface area contributed by atoms with E-state index in [0.717, 1.165) is 38.5 Å². The van der Waals surface area contributed by atoms with E-state index < -0.39 is 0 Å². The maximum atomic E-state index is 12.7. The Balaban J connectivity index is 1.89. The van der Waals surface area contributed by atoms with Crippen molar-refractivity contribution in [1.82, 2.24) is 0 Å². The Morgan fingerprint density at radius 2 is 1.95 bits per heavy atom. The summed E-state index contributed by atoms with van der Waals surface area (Å²) in [7, 11) is 0. The molecular formula is C18H24O2. The summed E-state index contributed by atoms with van der Waals surface area (Å²) >= 11 is 0. The second-order valence-corrected chi connectivity index (χ2v) is 7.92. The molecule has 0 saturated heterocycles. The van der Waals surface area contributed by atoms with Crippen LogP contribution in [0.5, 0.6) is 0 Å². The highest BCUT2D eigenvalue weighted by molar-refractivity contribution is 5.99. The molecule has 0 unspecified atom stereocenters. The lowest BCUT2D eigenvalue weighted by molar-refractivity contribution is -0.131. The molecule has 0 aromatic rings. The van der Waals surface area contributed by atoms with Gasteiger partial charge in [0.2, 0.25) is 0 Å². The first-order chi connectivity index (χ1) is 9.48. The van der Waals surface area contributed by atoms with E-state index in [1.54, 1.807) is 0 Å². The lowest BCUT2D eigenvalue weighted by Crippen LogP contribution is -2.52. The van der Waals surface area contributed by atoms with Gasteiger partial charge >= 0.3 is 0 Å². The highest BCUT2D eigenvalue weighted by Gasteiger charge is 2.65. The lowest BCUT2D eigenvalue weighted by atomic mass is 9.45. The molecule has 2 heteroatoms. The molecule has 2 bridgehead atoms. The molecule has 4 aliphatic carbocycles. The summed E-state index contributed by atoms with van der Waals surface area (Å²) in [5.41, 5.74) is 2.84. The van der Waals surface area contributed by atoms with Crippen molar-refractivity contribution in [1.29, 1.82) is 0 Å². The molecule has 2 nitrogen and oxygen atoms in total. The lowest BCUT2D eigenvalue weighted by Gasteiger charge is -2.57. The molecule has 3 fully saturated rings. The number of allylic oxidation sites excluding steroid dienone is 2. The Morgan fingerprint density at radius 1 is 1.15 bits per heavy atom. The van der Waals surface area contributed by atoms with Gasteiger partial charge in [-0.3, -0.25) is 9.59 Å². The van der Waals surface area contributed by atoms with Crippen molar-refractivity contribution < 1.29 is 9.59 Å². The molecule has 1 spiro atoms. The molecule has 0 aromatic carbocycles. The maximum absolute atomic E-state index is 12.7. The standard InChI is InChI=1S/C18H24O2/c1-11-4-3-6-17(2)16(11)15(20)9-13-8-12-10-18(13,17)7-5-14(12)19/h12-13H,3-10H2,1-2H3/t12-,13-,17+,18+/m1/s1. The van der Waals surface area contributed by atoms with Gasteiger partial charge in [-0.05, 0) is 56.8 Å². The van der Waals surface area contributed by atoms with Gasteiger partial charge in [-0.25, -0.2) is 0 Å². The number of ketones is 2. The third-order valence-electron chi connectivity index (χ3n) is 7.25. The molecule has 3 saturated carbocycles. The smallest absolute Gasteiger partial charge is 0.159 e. The summed E-state index contributed by atoms with van der Waals surface area (Å²) in [6, 6.07) is 0. The minimum absolute atomic E-state index is 0.0603. The van der Waals surface area contributed by atoms with Crippen molar-refractivity contribution in [2.24, 2.45) is 22.7 Å². The third-order valence-corrected chi connectivity index (χ3v) is 7.25. The number of Topliss-reactive ketones (excluding diaryl/α,β-unsaturated/α-hetero) is 2. The van der Waals surface area contributed by atoms with E-state index in [2.05, 4.69) is 13.8 Å². The fourth-order valence-corrected chi connectivity index (χ4v) is 6.39. The van der Waals surface area contributed by atoms with E-state index in [-0.39, 0.29) is 16.7 Å². The van der Waals surface area contributed by atoms with E-state index in [1.807, 2.05) is 0 Å². The van der Waals surface area contributed by atoms with Gasteiger partial charge < -0.3 is 0 Å². The summed E-state index contributed by atoms with van der Waals surface area (Å²) in [5.74, 6) is 1.62. The van der Waals surface area contributed by atoms with Crippen LogP contribution in [0.3, 0.4) is 0 Å². The topological polar surface area (TPSA) is 34.1 Å². The van der Waals surface area contributed by atoms with Crippen molar-refractivity contribution >= 4 is 11.6 Å². The van der Waals surface area contributed by atoms with E-state index in [0.29, 0.717) is 23.9 Å². The molecule has 0 radical (unpaired) electrons. The van der Waals surface area contributed by atoms with Crippen molar-refractivity contribution in [2.75, 3.05) is 0 Å². The van der Waals surface area contributed by atoms with Crippen molar-refractivity contribution in [3.05, 3.63) is 11.1 Å². The molecule has 4 atom stereocenters. The predicted octanol–water partition coefficient (Wildman–Crippen LogP) is 3.84. The largest absolute Gasteiger partial charge is 0.299 e. The Morgan fingerprint density at radius 3 is 2.75 bits per heavy atom. The highest BCUT2D eigenvalue weighted by Crippen LogP contribution is 2.70. The zero-order valence-corrected chi connectivity index (χ0v) is 12.6. The minimum Gasteiger partial charge on any atom is -0.299 e. The predicted molar refractivity (Wildman–Crippen MR) is 77.2 cm³/mol. The van der Waals surface area contributed by atoms with Gasteiger partial charge in [0, 0.05) is 29.7 Å². The van der Waals surface area contributed by atoms with Crippen LogP contribution in [0.2, 0.25) is 0 Å².